The number of likely N-dealkylation sites (tertiary alicyclic amines) is 1. The van der Waals surface area contributed by atoms with E-state index in [1.54, 1.807) is 12.1 Å². The van der Waals surface area contributed by atoms with Crippen LogP contribution in [0.5, 0.6) is 0 Å². The largest absolute Gasteiger partial charge is 0.378 e. The zero-order valence-electron chi connectivity index (χ0n) is 16.2. The highest BCUT2D eigenvalue weighted by Gasteiger charge is 2.30. The molecule has 0 bridgehead atoms. The molecule has 2 atom stereocenters. The molecular formula is C21H31FN2O2. The molecule has 1 aromatic rings. The molecule has 0 radical (unpaired) electrons. The van der Waals surface area contributed by atoms with Crippen molar-refractivity contribution in [2.75, 3.05) is 37.7 Å². The van der Waals surface area contributed by atoms with Crippen molar-refractivity contribution in [2.24, 2.45) is 11.8 Å². The zero-order valence-corrected chi connectivity index (χ0v) is 16.2. The number of hydrogen-bond donors (Lipinski definition) is 0. The van der Waals surface area contributed by atoms with Crippen LogP contribution in [0.4, 0.5) is 10.1 Å². The summed E-state index contributed by atoms with van der Waals surface area (Å²) in [5.41, 5.74) is 1.02. The fourth-order valence-electron chi connectivity index (χ4n) is 4.09. The predicted octanol–water partition coefficient (Wildman–Crippen LogP) is 3.95. The number of rotatable bonds is 3. The summed E-state index contributed by atoms with van der Waals surface area (Å²) in [6, 6.07) is 5.17. The molecule has 2 heterocycles. The quantitative estimate of drug-likeness (QED) is 0.816. The standard InChI is InChI=1S/C21H31FN2O2/c1-15(2)19-6-4-16(3)8-9-24(19)21(25)17-5-7-20(18(22)14-17)23-10-12-26-13-11-23/h5,7,14-16,19H,4,6,8-13H2,1-3H3. The van der Waals surface area contributed by atoms with Crippen molar-refractivity contribution in [3.8, 4) is 0 Å². The van der Waals surface area contributed by atoms with Crippen molar-refractivity contribution in [1.82, 2.24) is 4.90 Å². The first-order valence-corrected chi connectivity index (χ1v) is 9.90. The van der Waals surface area contributed by atoms with Crippen molar-refractivity contribution in [1.29, 1.82) is 0 Å². The lowest BCUT2D eigenvalue weighted by Gasteiger charge is -2.33. The average Bonchev–Trinajstić information content (AvgIpc) is 2.83. The van der Waals surface area contributed by atoms with Gasteiger partial charge < -0.3 is 14.5 Å². The first kappa shape index (κ1) is 19.2. The SMILES string of the molecule is CC1CCC(C(C)C)N(C(=O)c2ccc(N3CCOCC3)c(F)c2)CC1. The Bertz CT molecular complexity index is 628. The van der Waals surface area contributed by atoms with Gasteiger partial charge in [-0.3, -0.25) is 4.79 Å². The van der Waals surface area contributed by atoms with E-state index in [0.717, 1.165) is 25.8 Å². The third-order valence-corrected chi connectivity index (χ3v) is 5.80. The van der Waals surface area contributed by atoms with Crippen LogP contribution < -0.4 is 4.90 Å². The van der Waals surface area contributed by atoms with Crippen LogP contribution >= 0.6 is 0 Å². The molecule has 2 aliphatic rings. The lowest BCUT2D eigenvalue weighted by Crippen LogP contribution is -2.43. The summed E-state index contributed by atoms with van der Waals surface area (Å²) in [5.74, 6) is 0.684. The zero-order chi connectivity index (χ0) is 18.7. The molecule has 0 N–H and O–H groups in total. The van der Waals surface area contributed by atoms with Gasteiger partial charge in [0, 0.05) is 31.2 Å². The molecule has 2 aliphatic heterocycles. The Morgan fingerprint density at radius 3 is 2.54 bits per heavy atom. The maximum Gasteiger partial charge on any atom is 0.254 e. The molecule has 0 saturated carbocycles. The van der Waals surface area contributed by atoms with Gasteiger partial charge in [-0.05, 0) is 49.3 Å². The summed E-state index contributed by atoms with van der Waals surface area (Å²) < 4.78 is 20.0. The summed E-state index contributed by atoms with van der Waals surface area (Å²) in [4.78, 5) is 17.1. The van der Waals surface area contributed by atoms with Gasteiger partial charge in [-0.15, -0.1) is 0 Å². The molecule has 0 spiro atoms. The Balaban J connectivity index is 1.80. The third-order valence-electron chi connectivity index (χ3n) is 5.80. The maximum atomic E-state index is 14.7. The molecule has 2 fully saturated rings. The number of anilines is 1. The lowest BCUT2D eigenvalue weighted by atomic mass is 9.95. The number of carbonyl (C=O) groups excluding carboxylic acids is 1. The van der Waals surface area contributed by atoms with E-state index in [0.29, 0.717) is 49.4 Å². The molecule has 3 rings (SSSR count). The number of halogens is 1. The summed E-state index contributed by atoms with van der Waals surface area (Å²) >= 11 is 0. The highest BCUT2D eigenvalue weighted by Crippen LogP contribution is 2.28. The minimum absolute atomic E-state index is 0.0368. The number of benzene rings is 1. The van der Waals surface area contributed by atoms with E-state index in [4.69, 9.17) is 4.74 Å². The van der Waals surface area contributed by atoms with E-state index in [9.17, 15) is 9.18 Å². The summed E-state index contributed by atoms with van der Waals surface area (Å²) in [6.07, 6.45) is 3.19. The molecule has 1 aromatic carbocycles. The van der Waals surface area contributed by atoms with Gasteiger partial charge in [-0.2, -0.15) is 0 Å². The van der Waals surface area contributed by atoms with Crippen LogP contribution in [-0.4, -0.2) is 49.7 Å². The number of amides is 1. The van der Waals surface area contributed by atoms with E-state index >= 15 is 0 Å². The minimum atomic E-state index is -0.318. The van der Waals surface area contributed by atoms with Gasteiger partial charge in [0.25, 0.3) is 5.91 Å². The Morgan fingerprint density at radius 1 is 1.15 bits per heavy atom. The number of morpholine rings is 1. The summed E-state index contributed by atoms with van der Waals surface area (Å²) in [5, 5.41) is 0. The molecular weight excluding hydrogens is 331 g/mol. The van der Waals surface area contributed by atoms with Crippen LogP contribution in [0, 0.1) is 17.7 Å². The lowest BCUT2D eigenvalue weighted by molar-refractivity contribution is 0.0630. The van der Waals surface area contributed by atoms with Crippen LogP contribution in [0.2, 0.25) is 0 Å². The van der Waals surface area contributed by atoms with Crippen molar-refractivity contribution in [3.05, 3.63) is 29.6 Å². The number of carbonyl (C=O) groups is 1. The first-order chi connectivity index (χ1) is 12.5. The second-order valence-electron chi connectivity index (χ2n) is 8.05. The van der Waals surface area contributed by atoms with Gasteiger partial charge in [0.05, 0.1) is 18.9 Å². The van der Waals surface area contributed by atoms with Gasteiger partial charge >= 0.3 is 0 Å². The summed E-state index contributed by atoms with van der Waals surface area (Å²) in [7, 11) is 0. The molecule has 2 saturated heterocycles. The first-order valence-electron chi connectivity index (χ1n) is 9.90. The van der Waals surface area contributed by atoms with Crippen molar-refractivity contribution >= 4 is 11.6 Å². The van der Waals surface area contributed by atoms with Gasteiger partial charge in [0.2, 0.25) is 0 Å². The Hall–Kier alpha value is -1.62. The van der Waals surface area contributed by atoms with Crippen LogP contribution in [-0.2, 0) is 4.74 Å². The molecule has 144 valence electrons. The van der Waals surface area contributed by atoms with Crippen LogP contribution in [0.25, 0.3) is 0 Å². The second kappa shape index (κ2) is 8.38. The van der Waals surface area contributed by atoms with Gasteiger partial charge in [0.1, 0.15) is 5.82 Å². The number of nitrogens with zero attached hydrogens (tertiary/aromatic N) is 2. The van der Waals surface area contributed by atoms with Crippen molar-refractivity contribution < 1.29 is 13.9 Å². The van der Waals surface area contributed by atoms with E-state index in [1.165, 1.54) is 6.07 Å². The fourth-order valence-corrected chi connectivity index (χ4v) is 4.09. The van der Waals surface area contributed by atoms with Gasteiger partial charge in [0.15, 0.2) is 0 Å². The fraction of sp³-hybridized carbons (Fsp3) is 0.667. The normalized spacial score (nSPS) is 24.7. The number of ether oxygens (including phenoxy) is 1. The molecule has 0 aromatic heterocycles. The highest BCUT2D eigenvalue weighted by atomic mass is 19.1. The highest BCUT2D eigenvalue weighted by molar-refractivity contribution is 5.95. The van der Waals surface area contributed by atoms with E-state index in [2.05, 4.69) is 20.8 Å². The number of hydrogen-bond acceptors (Lipinski definition) is 3. The predicted molar refractivity (Wildman–Crippen MR) is 102 cm³/mol. The van der Waals surface area contributed by atoms with E-state index in [-0.39, 0.29) is 17.8 Å². The smallest absolute Gasteiger partial charge is 0.254 e. The molecule has 26 heavy (non-hydrogen) atoms. The monoisotopic (exact) mass is 362 g/mol. The second-order valence-corrected chi connectivity index (χ2v) is 8.05. The van der Waals surface area contributed by atoms with E-state index in [1.807, 2.05) is 9.80 Å². The van der Waals surface area contributed by atoms with Crippen LogP contribution in [0.3, 0.4) is 0 Å². The molecule has 0 aliphatic carbocycles. The maximum absolute atomic E-state index is 14.7. The van der Waals surface area contributed by atoms with Crippen LogP contribution in [0.1, 0.15) is 50.4 Å². The minimum Gasteiger partial charge on any atom is -0.378 e. The van der Waals surface area contributed by atoms with Crippen molar-refractivity contribution in [3.63, 3.8) is 0 Å². The molecule has 4 nitrogen and oxygen atoms in total. The Kier molecular flexibility index (Phi) is 6.17. The summed E-state index contributed by atoms with van der Waals surface area (Å²) in [6.45, 7) is 9.95. The molecule has 5 heteroatoms. The topological polar surface area (TPSA) is 32.8 Å². The van der Waals surface area contributed by atoms with E-state index < -0.39 is 0 Å². The molecule has 1 amide bonds. The van der Waals surface area contributed by atoms with Gasteiger partial charge in [-0.1, -0.05) is 20.8 Å². The Morgan fingerprint density at radius 2 is 1.88 bits per heavy atom. The van der Waals surface area contributed by atoms with Gasteiger partial charge in [-0.25, -0.2) is 4.39 Å². The third kappa shape index (κ3) is 4.20. The Labute approximate surface area is 156 Å². The average molecular weight is 362 g/mol. The van der Waals surface area contributed by atoms with Crippen LogP contribution in [0.15, 0.2) is 18.2 Å². The molecule has 2 unspecified atom stereocenters. The van der Waals surface area contributed by atoms with Crippen molar-refractivity contribution in [2.45, 2.75) is 46.1 Å².